The molecule has 0 spiro atoms. The van der Waals surface area contributed by atoms with Crippen LogP contribution in [0.25, 0.3) is 0 Å². The molecule has 1 aliphatic heterocycles. The average Bonchev–Trinajstić information content (AvgIpc) is 2.82. The first-order chi connectivity index (χ1) is 7.89. The first-order valence-electron chi connectivity index (χ1n) is 5.11. The molecule has 1 fully saturated rings. The van der Waals surface area contributed by atoms with Crippen molar-refractivity contribution in [1.82, 2.24) is 4.90 Å². The van der Waals surface area contributed by atoms with Gasteiger partial charge in [0.05, 0.1) is 20.0 Å². The quantitative estimate of drug-likeness (QED) is 0.727. The highest BCUT2D eigenvalue weighted by Crippen LogP contribution is 2.21. The van der Waals surface area contributed by atoms with Gasteiger partial charge >= 0.3 is 0 Å². The van der Waals surface area contributed by atoms with E-state index in [1.54, 1.807) is 11.9 Å². The van der Waals surface area contributed by atoms with Gasteiger partial charge in [-0.3, -0.25) is 4.79 Å². The van der Waals surface area contributed by atoms with E-state index in [-0.39, 0.29) is 23.5 Å². The molecule has 0 saturated carbocycles. The number of sulfone groups is 1. The fourth-order valence-electron chi connectivity index (χ4n) is 1.87. The maximum atomic E-state index is 12.1. The summed E-state index contributed by atoms with van der Waals surface area (Å²) in [5.41, 5.74) is 0.645. The summed E-state index contributed by atoms with van der Waals surface area (Å²) >= 11 is 3.68. The molecule has 1 aliphatic rings. The van der Waals surface area contributed by atoms with Gasteiger partial charge in [-0.15, -0.1) is 11.3 Å². The predicted molar refractivity (Wildman–Crippen MR) is 76.2 cm³/mol. The van der Waals surface area contributed by atoms with Crippen LogP contribution in [0.1, 0.15) is 16.8 Å². The highest BCUT2D eigenvalue weighted by atomic mass is 127. The van der Waals surface area contributed by atoms with E-state index in [9.17, 15) is 13.2 Å². The summed E-state index contributed by atoms with van der Waals surface area (Å²) in [7, 11) is -1.26. The second kappa shape index (κ2) is 4.85. The van der Waals surface area contributed by atoms with Crippen LogP contribution in [-0.2, 0) is 9.84 Å². The van der Waals surface area contributed by atoms with Crippen molar-refractivity contribution in [1.29, 1.82) is 0 Å². The Balaban J connectivity index is 2.11. The maximum absolute atomic E-state index is 12.1. The van der Waals surface area contributed by atoms with Crippen molar-refractivity contribution in [3.63, 3.8) is 0 Å². The Morgan fingerprint density at radius 1 is 1.59 bits per heavy atom. The lowest BCUT2D eigenvalue weighted by Crippen LogP contribution is -2.37. The molecule has 1 unspecified atom stereocenters. The molecule has 0 radical (unpaired) electrons. The number of halogens is 1. The summed E-state index contributed by atoms with van der Waals surface area (Å²) in [6.45, 7) is 0. The molecule has 1 aromatic heterocycles. The Morgan fingerprint density at radius 2 is 2.29 bits per heavy atom. The second-order valence-corrected chi connectivity index (χ2v) is 9.15. The van der Waals surface area contributed by atoms with Gasteiger partial charge in [-0.1, -0.05) is 0 Å². The first-order valence-corrected chi connectivity index (χ1v) is 8.88. The van der Waals surface area contributed by atoms with Crippen molar-refractivity contribution in [2.24, 2.45) is 0 Å². The lowest BCUT2D eigenvalue weighted by Gasteiger charge is -2.22. The van der Waals surface area contributed by atoms with Gasteiger partial charge in [-0.05, 0) is 35.1 Å². The zero-order valence-electron chi connectivity index (χ0n) is 9.22. The maximum Gasteiger partial charge on any atom is 0.254 e. The van der Waals surface area contributed by atoms with E-state index in [4.69, 9.17) is 0 Å². The molecular formula is C10H12INO3S2. The Bertz CT molecular complexity index is 538. The number of hydrogen-bond acceptors (Lipinski definition) is 4. The molecule has 1 amide bonds. The molecule has 17 heavy (non-hydrogen) atoms. The standard InChI is InChI=1S/C10H12INO3S2/c1-12(8-2-3-17(14,15)6-8)10(13)7-4-9(11)16-5-7/h4-5,8H,2-3,6H2,1H3. The third-order valence-corrected chi connectivity index (χ3v) is 6.43. The molecule has 2 rings (SSSR count). The predicted octanol–water partition coefficient (Wildman–Crippen LogP) is 1.61. The molecule has 0 bridgehead atoms. The fraction of sp³-hybridized carbons (Fsp3) is 0.500. The van der Waals surface area contributed by atoms with Gasteiger partial charge in [0.15, 0.2) is 9.84 Å². The minimum absolute atomic E-state index is 0.0914. The largest absolute Gasteiger partial charge is 0.338 e. The molecule has 7 heteroatoms. The number of amides is 1. The Kier molecular flexibility index (Phi) is 3.79. The van der Waals surface area contributed by atoms with Gasteiger partial charge in [-0.2, -0.15) is 0 Å². The number of hydrogen-bond donors (Lipinski definition) is 0. The van der Waals surface area contributed by atoms with E-state index in [2.05, 4.69) is 22.6 Å². The Hall–Kier alpha value is -0.150. The normalized spacial score (nSPS) is 22.6. The smallest absolute Gasteiger partial charge is 0.254 e. The Morgan fingerprint density at radius 3 is 2.76 bits per heavy atom. The molecule has 4 nitrogen and oxygen atoms in total. The highest BCUT2D eigenvalue weighted by Gasteiger charge is 2.33. The van der Waals surface area contributed by atoms with Crippen molar-refractivity contribution in [2.75, 3.05) is 18.6 Å². The minimum atomic E-state index is -2.94. The summed E-state index contributed by atoms with van der Waals surface area (Å²) in [4.78, 5) is 13.6. The summed E-state index contributed by atoms with van der Waals surface area (Å²) in [5.74, 6) is 0.193. The summed E-state index contributed by atoms with van der Waals surface area (Å²) in [6, 6.07) is 1.65. The van der Waals surface area contributed by atoms with Gasteiger partial charge in [-0.25, -0.2) is 8.42 Å². The highest BCUT2D eigenvalue weighted by molar-refractivity contribution is 14.1. The van der Waals surface area contributed by atoms with Crippen molar-refractivity contribution in [3.05, 3.63) is 19.9 Å². The molecule has 0 N–H and O–H groups in total. The molecule has 0 aliphatic carbocycles. The van der Waals surface area contributed by atoms with Crippen molar-refractivity contribution in [3.8, 4) is 0 Å². The van der Waals surface area contributed by atoms with Crippen LogP contribution in [0.2, 0.25) is 0 Å². The van der Waals surface area contributed by atoms with Crippen molar-refractivity contribution >= 4 is 49.7 Å². The fourth-order valence-corrected chi connectivity index (χ4v) is 4.97. The second-order valence-electron chi connectivity index (χ2n) is 4.11. The van der Waals surface area contributed by atoms with Crippen LogP contribution in [-0.4, -0.2) is 43.8 Å². The zero-order chi connectivity index (χ0) is 12.6. The monoisotopic (exact) mass is 385 g/mol. The van der Waals surface area contributed by atoms with E-state index in [0.29, 0.717) is 12.0 Å². The van der Waals surface area contributed by atoms with Crippen LogP contribution in [0, 0.1) is 2.88 Å². The van der Waals surface area contributed by atoms with Gasteiger partial charge in [0.2, 0.25) is 0 Å². The number of nitrogens with zero attached hydrogens (tertiary/aromatic N) is 1. The number of carbonyl (C=O) groups is 1. The molecule has 2 heterocycles. The van der Waals surface area contributed by atoms with E-state index in [1.165, 1.54) is 11.3 Å². The third kappa shape index (κ3) is 3.00. The summed E-state index contributed by atoms with van der Waals surface area (Å²) < 4.78 is 23.8. The van der Waals surface area contributed by atoms with Crippen molar-refractivity contribution in [2.45, 2.75) is 12.5 Å². The van der Waals surface area contributed by atoms with Crippen molar-refractivity contribution < 1.29 is 13.2 Å². The van der Waals surface area contributed by atoms with Crippen LogP contribution in [0.3, 0.4) is 0 Å². The summed E-state index contributed by atoms with van der Waals surface area (Å²) in [5, 5.41) is 1.81. The number of thiophene rings is 1. The molecule has 1 aromatic rings. The van der Waals surface area contributed by atoms with E-state index >= 15 is 0 Å². The molecule has 0 aromatic carbocycles. The SMILES string of the molecule is CN(C(=O)c1csc(I)c1)C1CCS(=O)(=O)C1. The van der Waals surface area contributed by atoms with Gasteiger partial charge in [0.25, 0.3) is 5.91 Å². The molecular weight excluding hydrogens is 373 g/mol. The van der Waals surface area contributed by atoms with Crippen LogP contribution in [0.4, 0.5) is 0 Å². The molecule has 1 atom stereocenters. The topological polar surface area (TPSA) is 54.5 Å². The van der Waals surface area contributed by atoms with Crippen LogP contribution in [0.5, 0.6) is 0 Å². The van der Waals surface area contributed by atoms with Gasteiger partial charge in [0, 0.05) is 18.5 Å². The van der Waals surface area contributed by atoms with E-state index < -0.39 is 9.84 Å². The lowest BCUT2D eigenvalue weighted by molar-refractivity contribution is 0.0748. The van der Waals surface area contributed by atoms with Crippen LogP contribution in [0.15, 0.2) is 11.4 Å². The lowest BCUT2D eigenvalue weighted by atomic mass is 10.2. The third-order valence-electron chi connectivity index (χ3n) is 2.89. The number of rotatable bonds is 2. The minimum Gasteiger partial charge on any atom is -0.338 e. The zero-order valence-corrected chi connectivity index (χ0v) is 13.0. The molecule has 94 valence electrons. The number of carbonyl (C=O) groups excluding carboxylic acids is 1. The average molecular weight is 385 g/mol. The first kappa shape index (κ1) is 13.3. The summed E-state index contributed by atoms with van der Waals surface area (Å²) in [6.07, 6.45) is 0.547. The van der Waals surface area contributed by atoms with Gasteiger partial charge < -0.3 is 4.90 Å². The Labute approximate surface area is 118 Å². The van der Waals surface area contributed by atoms with E-state index in [0.717, 1.165) is 2.88 Å². The van der Waals surface area contributed by atoms with Crippen LogP contribution < -0.4 is 0 Å². The molecule has 1 saturated heterocycles. The van der Waals surface area contributed by atoms with E-state index in [1.807, 2.05) is 11.4 Å². The van der Waals surface area contributed by atoms with Gasteiger partial charge in [0.1, 0.15) is 0 Å². The van der Waals surface area contributed by atoms with Crippen LogP contribution >= 0.6 is 33.9 Å².